The van der Waals surface area contributed by atoms with E-state index in [1.165, 1.54) is 13.2 Å². The zero-order valence-corrected chi connectivity index (χ0v) is 12.0. The van der Waals surface area contributed by atoms with Crippen LogP contribution in [0.5, 0.6) is 5.88 Å². The van der Waals surface area contributed by atoms with Gasteiger partial charge in [0.05, 0.1) is 23.8 Å². The van der Waals surface area contributed by atoms with Crippen molar-refractivity contribution in [3.05, 3.63) is 29.7 Å². The Hall–Kier alpha value is -1.43. The van der Waals surface area contributed by atoms with Crippen LogP contribution < -0.4 is 4.74 Å². The molecule has 0 N–H and O–H groups in total. The van der Waals surface area contributed by atoms with E-state index in [-0.39, 0.29) is 5.25 Å². The molecular weight excluding hydrogens is 281 g/mol. The van der Waals surface area contributed by atoms with Crippen LogP contribution in [0, 0.1) is 5.82 Å². The van der Waals surface area contributed by atoms with Crippen molar-refractivity contribution in [2.75, 3.05) is 7.11 Å². The van der Waals surface area contributed by atoms with Gasteiger partial charge in [0.25, 0.3) is 0 Å². The lowest BCUT2D eigenvalue weighted by molar-refractivity contribution is 0.394. The maximum Gasteiger partial charge on any atom is 0.220 e. The van der Waals surface area contributed by atoms with E-state index in [9.17, 15) is 12.8 Å². The molecule has 2 bridgehead atoms. The third-order valence-electron chi connectivity index (χ3n) is 4.09. The number of rotatable bonds is 2. The molecule has 20 heavy (non-hydrogen) atoms. The number of ether oxygens (including phenoxy) is 1. The maximum absolute atomic E-state index is 13.4. The summed E-state index contributed by atoms with van der Waals surface area (Å²) in [6.07, 6.45) is 5.53. The highest BCUT2D eigenvalue weighted by molar-refractivity contribution is 7.93. The molecule has 0 aliphatic carbocycles. The van der Waals surface area contributed by atoms with Crippen LogP contribution in [0.25, 0.3) is 5.57 Å². The number of nitrogens with zero attached hydrogens (tertiary/aromatic N) is 1. The van der Waals surface area contributed by atoms with Crippen LogP contribution in [0.3, 0.4) is 0 Å². The fraction of sp³-hybridized carbons (Fsp3) is 0.500. The van der Waals surface area contributed by atoms with Crippen LogP contribution in [0.2, 0.25) is 0 Å². The largest absolute Gasteiger partial charge is 0.481 e. The van der Waals surface area contributed by atoms with Gasteiger partial charge >= 0.3 is 0 Å². The van der Waals surface area contributed by atoms with E-state index < -0.39 is 20.9 Å². The van der Waals surface area contributed by atoms with Crippen LogP contribution in [0.1, 0.15) is 31.2 Å². The molecule has 6 heteroatoms. The minimum atomic E-state index is -3.07. The molecule has 3 rings (SSSR count). The molecule has 0 aromatic carbocycles. The Kier molecular flexibility index (Phi) is 3.28. The number of sulfone groups is 1. The minimum absolute atomic E-state index is 0.343. The van der Waals surface area contributed by atoms with Gasteiger partial charge in [-0.25, -0.2) is 17.8 Å². The zero-order valence-electron chi connectivity index (χ0n) is 11.2. The molecule has 1 saturated heterocycles. The number of allylic oxidation sites excluding steroid dienone is 1. The number of hydrogen-bond donors (Lipinski definition) is 0. The van der Waals surface area contributed by atoms with Gasteiger partial charge in [0.1, 0.15) is 5.82 Å². The molecule has 1 aromatic heterocycles. The molecule has 2 aliphatic heterocycles. The Morgan fingerprint density at radius 2 is 2.20 bits per heavy atom. The Morgan fingerprint density at radius 3 is 2.90 bits per heavy atom. The molecule has 2 aliphatic rings. The minimum Gasteiger partial charge on any atom is -0.481 e. The Labute approximate surface area is 117 Å². The first-order valence-corrected chi connectivity index (χ1v) is 8.26. The van der Waals surface area contributed by atoms with Gasteiger partial charge in [0.15, 0.2) is 9.84 Å². The normalized spacial score (nSPS) is 27.8. The summed E-state index contributed by atoms with van der Waals surface area (Å²) in [5.41, 5.74) is 1.40. The second-order valence-corrected chi connectivity index (χ2v) is 7.74. The third kappa shape index (κ3) is 2.12. The summed E-state index contributed by atoms with van der Waals surface area (Å²) in [5.74, 6) is -0.102. The molecule has 1 fully saturated rings. The van der Waals surface area contributed by atoms with Crippen LogP contribution >= 0.6 is 0 Å². The predicted octanol–water partition coefficient (Wildman–Crippen LogP) is 2.35. The second-order valence-electron chi connectivity index (χ2n) is 5.29. The van der Waals surface area contributed by atoms with Crippen LogP contribution in [-0.4, -0.2) is 31.0 Å². The maximum atomic E-state index is 13.4. The predicted molar refractivity (Wildman–Crippen MR) is 73.7 cm³/mol. The van der Waals surface area contributed by atoms with E-state index in [0.717, 1.165) is 18.2 Å². The quantitative estimate of drug-likeness (QED) is 0.841. The van der Waals surface area contributed by atoms with Crippen molar-refractivity contribution in [2.45, 2.75) is 36.2 Å². The highest BCUT2D eigenvalue weighted by Gasteiger charge is 2.40. The summed E-state index contributed by atoms with van der Waals surface area (Å²) in [5, 5.41) is -0.799. The Balaban J connectivity index is 2.08. The van der Waals surface area contributed by atoms with Gasteiger partial charge in [-0.15, -0.1) is 0 Å². The average molecular weight is 297 g/mol. The van der Waals surface area contributed by atoms with Crippen LogP contribution in [-0.2, 0) is 9.84 Å². The summed E-state index contributed by atoms with van der Waals surface area (Å²) in [7, 11) is -1.59. The Morgan fingerprint density at radius 1 is 1.40 bits per heavy atom. The highest BCUT2D eigenvalue weighted by atomic mass is 32.2. The number of fused-ring (bicyclic) bond motifs is 2. The molecular formula is C14H16FNO3S. The van der Waals surface area contributed by atoms with Gasteiger partial charge < -0.3 is 4.74 Å². The van der Waals surface area contributed by atoms with E-state index in [1.807, 2.05) is 0 Å². The SMILES string of the molecule is COc1ncc(F)cc1C1=CC2CCCC(C1)S2(=O)=O. The number of aromatic nitrogens is 1. The number of methoxy groups -OCH3 is 1. The smallest absolute Gasteiger partial charge is 0.220 e. The molecule has 108 valence electrons. The van der Waals surface area contributed by atoms with Gasteiger partial charge in [-0.2, -0.15) is 0 Å². The van der Waals surface area contributed by atoms with E-state index in [4.69, 9.17) is 4.74 Å². The number of pyridine rings is 1. The fourth-order valence-electron chi connectivity index (χ4n) is 3.08. The van der Waals surface area contributed by atoms with Crippen molar-refractivity contribution >= 4 is 15.4 Å². The van der Waals surface area contributed by atoms with Crippen molar-refractivity contribution in [1.29, 1.82) is 0 Å². The van der Waals surface area contributed by atoms with Gasteiger partial charge in [0.2, 0.25) is 5.88 Å². The van der Waals surface area contributed by atoms with E-state index >= 15 is 0 Å². The second kappa shape index (κ2) is 4.84. The van der Waals surface area contributed by atoms with Gasteiger partial charge in [-0.1, -0.05) is 12.5 Å². The van der Waals surface area contributed by atoms with E-state index in [2.05, 4.69) is 4.98 Å². The first-order valence-electron chi connectivity index (χ1n) is 6.65. The lowest BCUT2D eigenvalue weighted by atomic mass is 9.94. The molecule has 3 heterocycles. The van der Waals surface area contributed by atoms with Crippen molar-refractivity contribution < 1.29 is 17.5 Å². The van der Waals surface area contributed by atoms with E-state index in [0.29, 0.717) is 30.7 Å². The van der Waals surface area contributed by atoms with E-state index in [1.54, 1.807) is 6.08 Å². The van der Waals surface area contributed by atoms with Crippen molar-refractivity contribution in [3.8, 4) is 5.88 Å². The van der Waals surface area contributed by atoms with Gasteiger partial charge in [0, 0.05) is 5.56 Å². The molecule has 0 radical (unpaired) electrons. The fourth-order valence-corrected chi connectivity index (χ4v) is 5.33. The first kappa shape index (κ1) is 13.5. The van der Waals surface area contributed by atoms with Crippen LogP contribution in [0.4, 0.5) is 4.39 Å². The van der Waals surface area contributed by atoms with Crippen molar-refractivity contribution in [1.82, 2.24) is 4.98 Å². The third-order valence-corrected chi connectivity index (χ3v) is 6.64. The molecule has 2 atom stereocenters. The highest BCUT2D eigenvalue weighted by Crippen LogP contribution is 2.40. The zero-order chi connectivity index (χ0) is 14.3. The standard InChI is InChI=1S/C14H16FNO3S/c1-19-14-13(7-10(15)8-16-14)9-5-11-3-2-4-12(6-9)20(11,17)18/h5,7-8,11-12H,2-4,6H2,1H3. The van der Waals surface area contributed by atoms with Crippen molar-refractivity contribution in [2.24, 2.45) is 0 Å². The summed E-state index contributed by atoms with van der Waals surface area (Å²) >= 11 is 0. The van der Waals surface area contributed by atoms with Gasteiger partial charge in [-0.05, 0) is 30.9 Å². The molecule has 1 aromatic rings. The molecule has 0 saturated carbocycles. The topological polar surface area (TPSA) is 56.3 Å². The summed E-state index contributed by atoms with van der Waals surface area (Å²) in [6.45, 7) is 0. The molecule has 0 amide bonds. The van der Waals surface area contributed by atoms with Crippen molar-refractivity contribution in [3.63, 3.8) is 0 Å². The number of halogens is 1. The van der Waals surface area contributed by atoms with Gasteiger partial charge in [-0.3, -0.25) is 0 Å². The molecule has 4 nitrogen and oxygen atoms in total. The molecule has 2 unspecified atom stereocenters. The summed E-state index contributed by atoms with van der Waals surface area (Å²) in [6, 6.07) is 1.37. The summed E-state index contributed by atoms with van der Waals surface area (Å²) < 4.78 is 43.0. The lowest BCUT2D eigenvalue weighted by Crippen LogP contribution is -2.38. The average Bonchev–Trinajstić information content (AvgIpc) is 2.37. The van der Waals surface area contributed by atoms with Crippen LogP contribution in [0.15, 0.2) is 18.3 Å². The lowest BCUT2D eigenvalue weighted by Gasteiger charge is -2.33. The number of hydrogen-bond acceptors (Lipinski definition) is 4. The summed E-state index contributed by atoms with van der Waals surface area (Å²) in [4.78, 5) is 3.91. The molecule has 0 spiro atoms. The Bertz CT molecular complexity index is 669. The first-order chi connectivity index (χ1) is 9.52. The monoisotopic (exact) mass is 297 g/mol.